The van der Waals surface area contributed by atoms with Crippen molar-refractivity contribution in [2.24, 2.45) is 0 Å². The molecule has 0 aliphatic heterocycles. The smallest absolute Gasteiger partial charge is 0.253 e. The number of nitrogens with zero attached hydrogens (tertiary/aromatic N) is 1. The van der Waals surface area contributed by atoms with E-state index in [0.717, 1.165) is 30.2 Å². The highest BCUT2D eigenvalue weighted by atomic mass is 79.9. The van der Waals surface area contributed by atoms with Gasteiger partial charge in [-0.2, -0.15) is 0 Å². The van der Waals surface area contributed by atoms with Crippen LogP contribution in [0.15, 0.2) is 22.7 Å². The zero-order valence-electron chi connectivity index (χ0n) is 10.7. The van der Waals surface area contributed by atoms with Gasteiger partial charge in [-0.15, -0.1) is 11.6 Å². The van der Waals surface area contributed by atoms with Crippen molar-refractivity contribution in [3.05, 3.63) is 33.3 Å². The predicted molar refractivity (Wildman–Crippen MR) is 83.1 cm³/mol. The third-order valence-electron chi connectivity index (χ3n) is 3.63. The van der Waals surface area contributed by atoms with Crippen molar-refractivity contribution in [3.63, 3.8) is 0 Å². The Hall–Kier alpha value is -0.250. The minimum Gasteiger partial charge on any atom is -0.337 e. The lowest BCUT2D eigenvalue weighted by atomic mass is 9.93. The molecule has 1 aromatic rings. The zero-order chi connectivity index (χ0) is 14.0. The van der Waals surface area contributed by atoms with Crippen molar-refractivity contribution in [2.45, 2.75) is 37.1 Å². The van der Waals surface area contributed by atoms with Gasteiger partial charge in [0.05, 0.1) is 10.4 Å². The van der Waals surface area contributed by atoms with Crippen LogP contribution < -0.4 is 0 Å². The van der Waals surface area contributed by atoms with Crippen LogP contribution >= 0.6 is 39.1 Å². The van der Waals surface area contributed by atoms with Crippen LogP contribution in [0.2, 0.25) is 5.02 Å². The van der Waals surface area contributed by atoms with E-state index in [0.29, 0.717) is 10.6 Å². The molecule has 5 heteroatoms. The molecule has 0 radical (unpaired) electrons. The maximum absolute atomic E-state index is 12.4. The van der Waals surface area contributed by atoms with Gasteiger partial charge in [-0.1, -0.05) is 24.4 Å². The molecule has 1 fully saturated rings. The van der Waals surface area contributed by atoms with E-state index in [1.807, 2.05) is 7.05 Å². The highest BCUT2D eigenvalue weighted by Crippen LogP contribution is 2.28. The van der Waals surface area contributed by atoms with E-state index >= 15 is 0 Å². The van der Waals surface area contributed by atoms with Gasteiger partial charge in [-0.05, 0) is 47.0 Å². The molecule has 0 heterocycles. The summed E-state index contributed by atoms with van der Waals surface area (Å²) in [4.78, 5) is 14.2. The maximum atomic E-state index is 12.4. The molecule has 104 valence electrons. The van der Waals surface area contributed by atoms with Gasteiger partial charge >= 0.3 is 0 Å². The minimum atomic E-state index is -0.0213. The van der Waals surface area contributed by atoms with Crippen molar-refractivity contribution in [2.75, 3.05) is 7.05 Å². The van der Waals surface area contributed by atoms with E-state index in [9.17, 15) is 4.79 Å². The SMILES string of the molecule is CN(C(=O)c1ccc(Br)c(Cl)c1)C1CCCCC1Cl. The van der Waals surface area contributed by atoms with Crippen LogP contribution in [-0.4, -0.2) is 29.3 Å². The lowest BCUT2D eigenvalue weighted by Crippen LogP contribution is -2.44. The van der Waals surface area contributed by atoms with Crippen molar-refractivity contribution in [1.82, 2.24) is 4.90 Å². The van der Waals surface area contributed by atoms with Crippen LogP contribution in [0.5, 0.6) is 0 Å². The van der Waals surface area contributed by atoms with Crippen molar-refractivity contribution in [1.29, 1.82) is 0 Å². The van der Waals surface area contributed by atoms with Crippen molar-refractivity contribution in [3.8, 4) is 0 Å². The summed E-state index contributed by atoms with van der Waals surface area (Å²) in [7, 11) is 1.82. The lowest BCUT2D eigenvalue weighted by molar-refractivity contribution is 0.0700. The third kappa shape index (κ3) is 3.45. The van der Waals surface area contributed by atoms with E-state index in [4.69, 9.17) is 23.2 Å². The molecule has 2 rings (SSSR count). The number of benzene rings is 1. The summed E-state index contributed by atoms with van der Waals surface area (Å²) < 4.78 is 0.793. The van der Waals surface area contributed by atoms with E-state index < -0.39 is 0 Å². The normalized spacial score (nSPS) is 23.2. The summed E-state index contributed by atoms with van der Waals surface area (Å²) in [6.07, 6.45) is 4.23. The molecule has 0 saturated heterocycles. The van der Waals surface area contributed by atoms with Crippen LogP contribution in [-0.2, 0) is 0 Å². The first kappa shape index (κ1) is 15.1. The fourth-order valence-electron chi connectivity index (χ4n) is 2.49. The molecular weight excluding hydrogens is 349 g/mol. The van der Waals surface area contributed by atoms with Gasteiger partial charge in [0.1, 0.15) is 0 Å². The summed E-state index contributed by atoms with van der Waals surface area (Å²) in [5.41, 5.74) is 0.602. The Morgan fingerprint density at radius 3 is 2.68 bits per heavy atom. The molecule has 1 aromatic carbocycles. The molecule has 1 saturated carbocycles. The minimum absolute atomic E-state index is 0.0213. The molecule has 1 amide bonds. The van der Waals surface area contributed by atoms with Crippen LogP contribution in [0.25, 0.3) is 0 Å². The summed E-state index contributed by atoms with van der Waals surface area (Å²) in [5, 5.41) is 0.596. The molecular formula is C14H16BrCl2NO. The Morgan fingerprint density at radius 1 is 1.37 bits per heavy atom. The number of amides is 1. The van der Waals surface area contributed by atoms with Gasteiger partial charge in [0.2, 0.25) is 0 Å². The molecule has 0 N–H and O–H groups in total. The summed E-state index contributed by atoms with van der Waals surface area (Å²) >= 11 is 15.7. The van der Waals surface area contributed by atoms with E-state index in [-0.39, 0.29) is 17.3 Å². The van der Waals surface area contributed by atoms with E-state index in [1.165, 1.54) is 0 Å². The average molecular weight is 365 g/mol. The Balaban J connectivity index is 2.15. The number of halogens is 3. The fraction of sp³-hybridized carbons (Fsp3) is 0.500. The maximum Gasteiger partial charge on any atom is 0.253 e. The molecule has 1 aliphatic rings. The molecule has 2 nitrogen and oxygen atoms in total. The van der Waals surface area contributed by atoms with Crippen molar-refractivity contribution >= 4 is 45.0 Å². The van der Waals surface area contributed by atoms with Crippen LogP contribution in [0.4, 0.5) is 0 Å². The summed E-state index contributed by atoms with van der Waals surface area (Å²) in [6, 6.07) is 5.38. The molecule has 0 aromatic heterocycles. The summed E-state index contributed by atoms with van der Waals surface area (Å²) in [5.74, 6) is -0.0213. The fourth-order valence-corrected chi connectivity index (χ4v) is 3.36. The molecule has 0 spiro atoms. The summed E-state index contributed by atoms with van der Waals surface area (Å²) in [6.45, 7) is 0. The van der Waals surface area contributed by atoms with Crippen LogP contribution in [0.3, 0.4) is 0 Å². The van der Waals surface area contributed by atoms with Gasteiger partial charge in [0.15, 0.2) is 0 Å². The van der Waals surface area contributed by atoms with Crippen molar-refractivity contribution < 1.29 is 4.79 Å². The van der Waals surface area contributed by atoms with Gasteiger partial charge in [0, 0.05) is 23.1 Å². The Morgan fingerprint density at radius 2 is 2.05 bits per heavy atom. The van der Waals surface area contributed by atoms with Gasteiger partial charge in [0.25, 0.3) is 5.91 Å². The Bertz CT molecular complexity index is 481. The van der Waals surface area contributed by atoms with Gasteiger partial charge < -0.3 is 4.90 Å². The Kier molecular flexibility index (Phi) is 5.15. The first-order valence-electron chi connectivity index (χ1n) is 6.37. The second-order valence-corrected chi connectivity index (χ2v) is 6.73. The molecule has 0 bridgehead atoms. The average Bonchev–Trinajstić information content (AvgIpc) is 2.41. The molecule has 2 unspecified atom stereocenters. The zero-order valence-corrected chi connectivity index (χ0v) is 13.8. The first-order chi connectivity index (χ1) is 9.00. The quantitative estimate of drug-likeness (QED) is 0.695. The largest absolute Gasteiger partial charge is 0.337 e. The molecule has 1 aliphatic carbocycles. The van der Waals surface area contributed by atoms with E-state index in [1.54, 1.807) is 23.1 Å². The second-order valence-electron chi connectivity index (χ2n) is 4.91. The van der Waals surface area contributed by atoms with Crippen LogP contribution in [0, 0.1) is 0 Å². The highest BCUT2D eigenvalue weighted by Gasteiger charge is 2.29. The van der Waals surface area contributed by atoms with E-state index in [2.05, 4.69) is 15.9 Å². The number of alkyl halides is 1. The molecule has 19 heavy (non-hydrogen) atoms. The van der Waals surface area contributed by atoms with Gasteiger partial charge in [-0.25, -0.2) is 0 Å². The standard InChI is InChI=1S/C14H16BrCl2NO/c1-18(13-5-3-2-4-11(13)16)14(19)9-6-7-10(15)12(17)8-9/h6-8,11,13H,2-5H2,1H3. The monoisotopic (exact) mass is 363 g/mol. The second kappa shape index (κ2) is 6.47. The number of carbonyl (C=O) groups excluding carboxylic acids is 1. The number of carbonyl (C=O) groups is 1. The Labute approximate surface area is 132 Å². The first-order valence-corrected chi connectivity index (χ1v) is 7.97. The third-order valence-corrected chi connectivity index (χ3v) is 5.37. The topological polar surface area (TPSA) is 20.3 Å². The molecule has 2 atom stereocenters. The predicted octanol–water partition coefficient (Wildman–Crippen LogP) is 4.72. The highest BCUT2D eigenvalue weighted by molar-refractivity contribution is 9.10. The van der Waals surface area contributed by atoms with Gasteiger partial charge in [-0.3, -0.25) is 4.79 Å². The number of hydrogen-bond donors (Lipinski definition) is 0. The number of hydrogen-bond acceptors (Lipinski definition) is 1. The lowest BCUT2D eigenvalue weighted by Gasteiger charge is -2.35. The van der Waals surface area contributed by atoms with Crippen LogP contribution in [0.1, 0.15) is 36.0 Å². The number of rotatable bonds is 2.